The van der Waals surface area contributed by atoms with E-state index in [9.17, 15) is 26.3 Å². The molecular weight excluding hydrogens is 288 g/mol. The third-order valence-corrected chi connectivity index (χ3v) is 2.75. The average molecular weight is 309 g/mol. The van der Waals surface area contributed by atoms with E-state index in [1.807, 2.05) is 13.8 Å². The van der Waals surface area contributed by atoms with E-state index in [0.717, 1.165) is 19.4 Å². The summed E-state index contributed by atoms with van der Waals surface area (Å²) in [6.45, 7) is 4.09. The molecule has 0 aromatic rings. The molecule has 0 aromatic heterocycles. The van der Waals surface area contributed by atoms with Gasteiger partial charge in [-0.05, 0) is 32.2 Å². The van der Waals surface area contributed by atoms with Gasteiger partial charge in [0.15, 0.2) is 0 Å². The maximum Gasteiger partial charge on any atom is 0.423 e. The molecule has 2 nitrogen and oxygen atoms in total. The Morgan fingerprint density at radius 2 is 1.55 bits per heavy atom. The van der Waals surface area contributed by atoms with Crippen molar-refractivity contribution in [3.63, 3.8) is 0 Å². The van der Waals surface area contributed by atoms with Crippen LogP contribution >= 0.6 is 0 Å². The summed E-state index contributed by atoms with van der Waals surface area (Å²) in [5.74, 6) is 0. The second-order valence-electron chi connectivity index (χ2n) is 4.54. The molecule has 1 N–H and O–H groups in total. The summed E-state index contributed by atoms with van der Waals surface area (Å²) in [5, 5.41) is 3.17. The average Bonchev–Trinajstić information content (AvgIpc) is 2.29. The van der Waals surface area contributed by atoms with Crippen molar-refractivity contribution in [1.82, 2.24) is 5.32 Å². The number of alkyl halides is 6. The van der Waals surface area contributed by atoms with Crippen LogP contribution in [0.25, 0.3) is 0 Å². The number of nitrogens with one attached hydrogen (secondary N) is 1. The number of hydrogen-bond acceptors (Lipinski definition) is 2. The molecule has 0 saturated heterocycles. The van der Waals surface area contributed by atoms with Gasteiger partial charge in [-0.1, -0.05) is 13.8 Å². The number of rotatable bonds is 9. The molecule has 0 radical (unpaired) electrons. The first-order valence-electron chi connectivity index (χ1n) is 6.61. The molecule has 8 heteroatoms. The predicted molar refractivity (Wildman–Crippen MR) is 63.5 cm³/mol. The molecule has 1 unspecified atom stereocenters. The molecule has 0 aliphatic carbocycles. The molecule has 0 amide bonds. The summed E-state index contributed by atoms with van der Waals surface area (Å²) < 4.78 is 77.1. The minimum absolute atomic E-state index is 0.0915. The zero-order valence-electron chi connectivity index (χ0n) is 11.6. The second-order valence-corrected chi connectivity index (χ2v) is 4.54. The summed E-state index contributed by atoms with van der Waals surface area (Å²) in [6, 6.07) is 0.0915. The highest BCUT2D eigenvalue weighted by Crippen LogP contribution is 2.35. The van der Waals surface area contributed by atoms with Gasteiger partial charge < -0.3 is 10.1 Å². The van der Waals surface area contributed by atoms with Crippen LogP contribution in [0.4, 0.5) is 26.3 Å². The SMILES string of the molecule is CCCNC(CC)CCCOC(C(F)(F)F)C(F)(F)F. The minimum atomic E-state index is -5.43. The molecule has 0 aromatic carbocycles. The molecule has 0 fully saturated rings. The van der Waals surface area contributed by atoms with Crippen LogP contribution in [0.1, 0.15) is 39.5 Å². The summed E-state index contributed by atoms with van der Waals surface area (Å²) in [5.41, 5.74) is 0. The maximum absolute atomic E-state index is 12.2. The number of hydrogen-bond donors (Lipinski definition) is 1. The van der Waals surface area contributed by atoms with Gasteiger partial charge in [0.1, 0.15) is 0 Å². The lowest BCUT2D eigenvalue weighted by Crippen LogP contribution is -2.44. The van der Waals surface area contributed by atoms with Crippen LogP contribution in [0.15, 0.2) is 0 Å². The van der Waals surface area contributed by atoms with Crippen molar-refractivity contribution in [2.45, 2.75) is 64.0 Å². The molecule has 20 heavy (non-hydrogen) atoms. The summed E-state index contributed by atoms with van der Waals surface area (Å²) in [6.07, 6.45) is -12.2. The van der Waals surface area contributed by atoms with Crippen LogP contribution in [-0.2, 0) is 4.74 Å². The molecule has 122 valence electrons. The quantitative estimate of drug-likeness (QED) is 0.512. The van der Waals surface area contributed by atoms with Gasteiger partial charge in [-0.15, -0.1) is 0 Å². The Kier molecular flexibility index (Phi) is 8.50. The zero-order valence-corrected chi connectivity index (χ0v) is 11.6. The highest BCUT2D eigenvalue weighted by atomic mass is 19.4. The molecule has 0 heterocycles. The molecule has 0 spiro atoms. The third kappa shape index (κ3) is 7.94. The van der Waals surface area contributed by atoms with Crippen LogP contribution in [-0.4, -0.2) is 37.7 Å². The van der Waals surface area contributed by atoms with Crippen molar-refractivity contribution in [1.29, 1.82) is 0 Å². The fourth-order valence-electron chi connectivity index (χ4n) is 1.70. The van der Waals surface area contributed by atoms with Crippen LogP contribution in [0, 0.1) is 0 Å². The zero-order chi connectivity index (χ0) is 15.8. The smallest absolute Gasteiger partial charge is 0.361 e. The Labute approximate surface area is 114 Å². The highest BCUT2D eigenvalue weighted by Gasteiger charge is 2.57. The van der Waals surface area contributed by atoms with Gasteiger partial charge in [-0.25, -0.2) is 0 Å². The van der Waals surface area contributed by atoms with E-state index in [1.54, 1.807) is 0 Å². The second kappa shape index (κ2) is 8.71. The van der Waals surface area contributed by atoms with Crippen LogP contribution < -0.4 is 5.32 Å². The van der Waals surface area contributed by atoms with Gasteiger partial charge in [0, 0.05) is 12.6 Å². The Morgan fingerprint density at radius 3 is 1.95 bits per heavy atom. The number of ether oxygens (including phenoxy) is 1. The van der Waals surface area contributed by atoms with Gasteiger partial charge >= 0.3 is 12.4 Å². The summed E-state index contributed by atoms with van der Waals surface area (Å²) in [7, 11) is 0. The van der Waals surface area contributed by atoms with Crippen molar-refractivity contribution in [3.05, 3.63) is 0 Å². The first kappa shape index (κ1) is 19.5. The first-order chi connectivity index (χ1) is 9.12. The van der Waals surface area contributed by atoms with Gasteiger partial charge in [-0.3, -0.25) is 0 Å². The van der Waals surface area contributed by atoms with Crippen molar-refractivity contribution in [2.24, 2.45) is 0 Å². The maximum atomic E-state index is 12.2. The van der Waals surface area contributed by atoms with E-state index >= 15 is 0 Å². The van der Waals surface area contributed by atoms with E-state index in [1.165, 1.54) is 0 Å². The van der Waals surface area contributed by atoms with Gasteiger partial charge in [-0.2, -0.15) is 26.3 Å². The Hall–Kier alpha value is -0.500. The predicted octanol–water partition coefficient (Wildman–Crippen LogP) is 4.05. The van der Waals surface area contributed by atoms with Gasteiger partial charge in [0.05, 0.1) is 0 Å². The molecule has 1 atom stereocenters. The van der Waals surface area contributed by atoms with Crippen molar-refractivity contribution < 1.29 is 31.1 Å². The van der Waals surface area contributed by atoms with Crippen LogP contribution in [0.3, 0.4) is 0 Å². The Balaban J connectivity index is 4.13. The normalized spacial score (nSPS) is 14.8. The van der Waals surface area contributed by atoms with Gasteiger partial charge in [0.25, 0.3) is 0 Å². The molecule has 0 saturated carbocycles. The summed E-state index contributed by atoms with van der Waals surface area (Å²) >= 11 is 0. The molecule has 0 aliphatic heterocycles. The van der Waals surface area contributed by atoms with Crippen LogP contribution in [0.5, 0.6) is 0 Å². The minimum Gasteiger partial charge on any atom is -0.361 e. The Bertz CT molecular complexity index is 239. The van der Waals surface area contributed by atoms with E-state index in [2.05, 4.69) is 10.1 Å². The van der Waals surface area contributed by atoms with Crippen molar-refractivity contribution in [3.8, 4) is 0 Å². The van der Waals surface area contributed by atoms with E-state index < -0.39 is 25.1 Å². The van der Waals surface area contributed by atoms with E-state index in [0.29, 0.717) is 6.42 Å². The lowest BCUT2D eigenvalue weighted by Gasteiger charge is -2.23. The molecule has 0 bridgehead atoms. The number of halogens is 6. The molecular formula is C12H21F6NO. The lowest BCUT2D eigenvalue weighted by molar-refractivity contribution is -0.321. The standard InChI is InChI=1S/C12H21F6NO/c1-3-7-19-9(4-2)6-5-8-20-10(11(13,14)15)12(16,17)18/h9-10,19H,3-8H2,1-2H3. The Morgan fingerprint density at radius 1 is 1.00 bits per heavy atom. The van der Waals surface area contributed by atoms with Crippen molar-refractivity contribution in [2.75, 3.05) is 13.2 Å². The summed E-state index contributed by atoms with van der Waals surface area (Å²) in [4.78, 5) is 0. The van der Waals surface area contributed by atoms with Gasteiger partial charge in [0.2, 0.25) is 6.10 Å². The van der Waals surface area contributed by atoms with E-state index in [-0.39, 0.29) is 12.5 Å². The molecule has 0 aliphatic rings. The largest absolute Gasteiger partial charge is 0.423 e. The topological polar surface area (TPSA) is 21.3 Å². The highest BCUT2D eigenvalue weighted by molar-refractivity contribution is 4.76. The van der Waals surface area contributed by atoms with Crippen LogP contribution in [0.2, 0.25) is 0 Å². The first-order valence-corrected chi connectivity index (χ1v) is 6.61. The fourth-order valence-corrected chi connectivity index (χ4v) is 1.70. The third-order valence-electron chi connectivity index (χ3n) is 2.75. The van der Waals surface area contributed by atoms with Crippen molar-refractivity contribution >= 4 is 0 Å². The monoisotopic (exact) mass is 309 g/mol. The fraction of sp³-hybridized carbons (Fsp3) is 1.00. The molecule has 0 rings (SSSR count). The lowest BCUT2D eigenvalue weighted by atomic mass is 10.1. The van der Waals surface area contributed by atoms with E-state index in [4.69, 9.17) is 0 Å².